The number of hydrogen-bond acceptors (Lipinski definition) is 5. The van der Waals surface area contributed by atoms with Gasteiger partial charge >= 0.3 is 6.61 Å². The molecule has 0 atom stereocenters. The molecule has 0 aliphatic carbocycles. The normalized spacial score (nSPS) is 10.9. The van der Waals surface area contributed by atoms with Crippen LogP contribution in [0.1, 0.15) is 11.5 Å². The summed E-state index contributed by atoms with van der Waals surface area (Å²) in [4.78, 5) is 3.88. The molecular formula is C12H13F2N3O2. The molecule has 0 spiro atoms. The molecule has 1 aromatic heterocycles. The van der Waals surface area contributed by atoms with Crippen LogP contribution in [0.2, 0.25) is 0 Å². The van der Waals surface area contributed by atoms with Crippen LogP contribution in [0.5, 0.6) is 5.75 Å². The lowest BCUT2D eigenvalue weighted by Crippen LogP contribution is -2.17. The summed E-state index contributed by atoms with van der Waals surface area (Å²) in [6.45, 7) is -1.79. The first-order valence-electron chi connectivity index (χ1n) is 5.74. The van der Waals surface area contributed by atoms with Crippen molar-refractivity contribution in [3.05, 3.63) is 42.0 Å². The summed E-state index contributed by atoms with van der Waals surface area (Å²) in [5.41, 5.74) is 0.674. The molecule has 19 heavy (non-hydrogen) atoms. The second-order valence-corrected chi connectivity index (χ2v) is 3.75. The maximum absolute atomic E-state index is 12.2. The zero-order valence-electron chi connectivity index (χ0n) is 10.1. The molecule has 2 rings (SSSR count). The summed E-state index contributed by atoms with van der Waals surface area (Å²) in [5, 5.41) is 6.59. The predicted octanol–water partition coefficient (Wildman–Crippen LogP) is 2.00. The highest BCUT2D eigenvalue weighted by molar-refractivity contribution is 5.33. The molecule has 0 unspecified atom stereocenters. The molecule has 1 heterocycles. The van der Waals surface area contributed by atoms with Gasteiger partial charge in [0.1, 0.15) is 5.75 Å². The zero-order valence-corrected chi connectivity index (χ0v) is 10.1. The second kappa shape index (κ2) is 6.79. The van der Waals surface area contributed by atoms with Crippen LogP contribution in [0.4, 0.5) is 8.78 Å². The minimum Gasteiger partial charge on any atom is -0.434 e. The first-order valence-corrected chi connectivity index (χ1v) is 5.74. The molecule has 0 aliphatic heterocycles. The number of halogens is 2. The molecule has 0 fully saturated rings. The average Bonchev–Trinajstić information content (AvgIpc) is 2.89. The molecular weight excluding hydrogens is 256 g/mol. The number of nitrogens with one attached hydrogen (secondary N) is 1. The van der Waals surface area contributed by atoms with Crippen LogP contribution in [-0.2, 0) is 13.0 Å². The van der Waals surface area contributed by atoms with Crippen molar-refractivity contribution < 1.29 is 18.0 Å². The van der Waals surface area contributed by atoms with Crippen molar-refractivity contribution in [2.24, 2.45) is 0 Å². The van der Waals surface area contributed by atoms with E-state index in [1.807, 2.05) is 0 Å². The van der Waals surface area contributed by atoms with Gasteiger partial charge in [0.05, 0.1) is 0 Å². The third kappa shape index (κ3) is 4.29. The average molecular weight is 269 g/mol. The van der Waals surface area contributed by atoms with Crippen molar-refractivity contribution >= 4 is 0 Å². The maximum Gasteiger partial charge on any atom is 0.387 e. The highest BCUT2D eigenvalue weighted by Crippen LogP contribution is 2.19. The van der Waals surface area contributed by atoms with Crippen LogP contribution in [0.25, 0.3) is 0 Å². The fourth-order valence-corrected chi connectivity index (χ4v) is 1.59. The predicted molar refractivity (Wildman–Crippen MR) is 62.8 cm³/mol. The Morgan fingerprint density at radius 2 is 2.16 bits per heavy atom. The standard InChI is InChI=1S/C12H13F2N3O2/c13-12(14)18-10-4-2-1-3-9(10)7-15-6-5-11-16-8-17-19-11/h1-4,8,12,15H,5-7H2. The summed E-state index contributed by atoms with van der Waals surface area (Å²) in [6.07, 6.45) is 1.92. The van der Waals surface area contributed by atoms with E-state index in [-0.39, 0.29) is 5.75 Å². The van der Waals surface area contributed by atoms with E-state index in [1.54, 1.807) is 18.2 Å². The van der Waals surface area contributed by atoms with Gasteiger partial charge in [-0.1, -0.05) is 23.4 Å². The van der Waals surface area contributed by atoms with Gasteiger partial charge in [0.15, 0.2) is 6.33 Å². The van der Waals surface area contributed by atoms with Gasteiger partial charge in [-0.05, 0) is 6.07 Å². The smallest absolute Gasteiger partial charge is 0.387 e. The zero-order chi connectivity index (χ0) is 13.5. The van der Waals surface area contributed by atoms with Gasteiger partial charge in [-0.15, -0.1) is 0 Å². The molecule has 0 saturated heterocycles. The Labute approximate surface area is 108 Å². The summed E-state index contributed by atoms with van der Waals surface area (Å²) in [5.74, 6) is 0.715. The van der Waals surface area contributed by atoms with E-state index in [1.165, 1.54) is 12.4 Å². The summed E-state index contributed by atoms with van der Waals surface area (Å²) in [6, 6.07) is 6.67. The Kier molecular flexibility index (Phi) is 4.79. The number of benzene rings is 1. The van der Waals surface area contributed by atoms with Crippen molar-refractivity contribution in [2.45, 2.75) is 19.6 Å². The van der Waals surface area contributed by atoms with Crippen molar-refractivity contribution in [2.75, 3.05) is 6.54 Å². The van der Waals surface area contributed by atoms with E-state index >= 15 is 0 Å². The Morgan fingerprint density at radius 1 is 1.32 bits per heavy atom. The van der Waals surface area contributed by atoms with Gasteiger partial charge in [-0.25, -0.2) is 0 Å². The minimum atomic E-state index is -2.82. The van der Waals surface area contributed by atoms with E-state index in [0.29, 0.717) is 31.0 Å². The lowest BCUT2D eigenvalue weighted by molar-refractivity contribution is -0.0504. The van der Waals surface area contributed by atoms with Crippen LogP contribution < -0.4 is 10.1 Å². The Bertz CT molecular complexity index is 491. The Morgan fingerprint density at radius 3 is 2.89 bits per heavy atom. The van der Waals surface area contributed by atoms with Crippen molar-refractivity contribution in [1.29, 1.82) is 0 Å². The maximum atomic E-state index is 12.2. The molecule has 2 aromatic rings. The van der Waals surface area contributed by atoms with Crippen LogP contribution in [0.15, 0.2) is 35.1 Å². The first kappa shape index (κ1) is 13.4. The highest BCUT2D eigenvalue weighted by atomic mass is 19.3. The number of nitrogens with zero attached hydrogens (tertiary/aromatic N) is 2. The first-order chi connectivity index (χ1) is 9.25. The van der Waals surface area contributed by atoms with Gasteiger partial charge in [0.2, 0.25) is 5.89 Å². The van der Waals surface area contributed by atoms with Crippen molar-refractivity contribution in [1.82, 2.24) is 15.5 Å². The third-order valence-corrected chi connectivity index (χ3v) is 2.43. The molecule has 7 heteroatoms. The molecule has 0 amide bonds. The number of aromatic nitrogens is 2. The molecule has 0 radical (unpaired) electrons. The number of ether oxygens (including phenoxy) is 1. The lowest BCUT2D eigenvalue weighted by atomic mass is 10.2. The van der Waals surface area contributed by atoms with Crippen molar-refractivity contribution in [3.63, 3.8) is 0 Å². The van der Waals surface area contributed by atoms with E-state index in [9.17, 15) is 8.78 Å². The van der Waals surface area contributed by atoms with Gasteiger partial charge in [-0.3, -0.25) is 0 Å². The Hall–Kier alpha value is -2.02. The fraction of sp³-hybridized carbons (Fsp3) is 0.333. The van der Waals surface area contributed by atoms with Crippen LogP contribution in [-0.4, -0.2) is 23.3 Å². The third-order valence-electron chi connectivity index (χ3n) is 2.43. The van der Waals surface area contributed by atoms with Gasteiger partial charge in [0, 0.05) is 25.1 Å². The van der Waals surface area contributed by atoms with Crippen LogP contribution in [0, 0.1) is 0 Å². The Balaban J connectivity index is 1.82. The molecule has 5 nitrogen and oxygen atoms in total. The van der Waals surface area contributed by atoms with Gasteiger partial charge in [0.25, 0.3) is 0 Å². The number of hydrogen-bond donors (Lipinski definition) is 1. The van der Waals surface area contributed by atoms with Gasteiger partial charge < -0.3 is 14.6 Å². The highest BCUT2D eigenvalue weighted by Gasteiger charge is 2.08. The van der Waals surface area contributed by atoms with E-state index < -0.39 is 6.61 Å². The quantitative estimate of drug-likeness (QED) is 0.779. The summed E-state index contributed by atoms with van der Waals surface area (Å²) >= 11 is 0. The molecule has 0 aliphatic rings. The fourth-order valence-electron chi connectivity index (χ4n) is 1.59. The monoisotopic (exact) mass is 269 g/mol. The van der Waals surface area contributed by atoms with Crippen molar-refractivity contribution in [3.8, 4) is 5.75 Å². The molecule has 102 valence electrons. The van der Waals surface area contributed by atoms with Crippen LogP contribution >= 0.6 is 0 Å². The van der Waals surface area contributed by atoms with Gasteiger partial charge in [-0.2, -0.15) is 13.8 Å². The molecule has 1 aromatic carbocycles. The van der Waals surface area contributed by atoms with Crippen LogP contribution in [0.3, 0.4) is 0 Å². The topological polar surface area (TPSA) is 60.2 Å². The summed E-state index contributed by atoms with van der Waals surface area (Å²) < 4.78 is 33.7. The van der Waals surface area contributed by atoms with E-state index in [2.05, 4.69) is 20.2 Å². The number of rotatable bonds is 7. The molecule has 1 N–H and O–H groups in total. The minimum absolute atomic E-state index is 0.183. The van der Waals surface area contributed by atoms with E-state index in [0.717, 1.165) is 0 Å². The largest absolute Gasteiger partial charge is 0.434 e. The molecule has 0 saturated carbocycles. The number of para-hydroxylation sites is 1. The number of alkyl halides is 2. The van der Waals surface area contributed by atoms with E-state index in [4.69, 9.17) is 4.52 Å². The molecule has 0 bridgehead atoms. The summed E-state index contributed by atoms with van der Waals surface area (Å²) in [7, 11) is 0. The SMILES string of the molecule is FC(F)Oc1ccccc1CNCCc1ncno1. The lowest BCUT2D eigenvalue weighted by Gasteiger charge is -2.10. The second-order valence-electron chi connectivity index (χ2n) is 3.75.